The van der Waals surface area contributed by atoms with E-state index in [4.69, 9.17) is 0 Å². The van der Waals surface area contributed by atoms with Crippen molar-refractivity contribution in [1.82, 2.24) is 10.2 Å². The zero-order valence-electron chi connectivity index (χ0n) is 17.3. The SMILES string of the molecule is O=C1c2[nH]nc(-c3ccccc3)c2C(c2ccc([N+](=O)[O-])cc2)N1c1cccc(C(F)(F)F)c1. The molecule has 4 aromatic rings. The molecule has 5 rings (SSSR count). The van der Waals surface area contributed by atoms with Gasteiger partial charge in [0.1, 0.15) is 5.69 Å². The maximum Gasteiger partial charge on any atom is 0.416 e. The summed E-state index contributed by atoms with van der Waals surface area (Å²) in [7, 11) is 0. The number of nitrogens with zero attached hydrogens (tertiary/aromatic N) is 3. The van der Waals surface area contributed by atoms with Gasteiger partial charge in [-0.25, -0.2) is 0 Å². The Hall–Kier alpha value is -4.47. The predicted molar refractivity (Wildman–Crippen MR) is 117 cm³/mol. The zero-order chi connectivity index (χ0) is 24.0. The molecule has 0 radical (unpaired) electrons. The number of carbonyl (C=O) groups excluding carboxylic acids is 1. The standard InChI is InChI=1S/C24H15F3N4O3/c25-24(26,27)16-7-4-8-18(13-16)30-22(15-9-11-17(12-10-15)31(33)34)19-20(14-5-2-1-3-6-14)28-29-21(19)23(30)32/h1-13,22H,(H,28,29). The van der Waals surface area contributed by atoms with E-state index in [9.17, 15) is 28.1 Å². The number of rotatable bonds is 4. The fourth-order valence-electron chi connectivity index (χ4n) is 4.16. The number of nitrogens with one attached hydrogen (secondary N) is 1. The minimum atomic E-state index is -4.59. The molecule has 0 saturated heterocycles. The molecule has 34 heavy (non-hydrogen) atoms. The number of aromatic nitrogens is 2. The number of benzene rings is 3. The van der Waals surface area contributed by atoms with Crippen molar-refractivity contribution in [1.29, 1.82) is 0 Å². The zero-order valence-corrected chi connectivity index (χ0v) is 17.3. The number of amides is 1. The minimum absolute atomic E-state index is 0.0480. The highest BCUT2D eigenvalue weighted by molar-refractivity contribution is 6.11. The van der Waals surface area contributed by atoms with Gasteiger partial charge in [-0.3, -0.25) is 24.9 Å². The maximum atomic E-state index is 13.4. The van der Waals surface area contributed by atoms with E-state index in [-0.39, 0.29) is 17.1 Å². The van der Waals surface area contributed by atoms with Gasteiger partial charge in [-0.05, 0) is 35.9 Å². The van der Waals surface area contributed by atoms with Crippen LogP contribution in [0.5, 0.6) is 0 Å². The van der Waals surface area contributed by atoms with Crippen molar-refractivity contribution in [2.24, 2.45) is 0 Å². The molecule has 3 aromatic carbocycles. The normalized spacial score (nSPS) is 15.4. The fraction of sp³-hybridized carbons (Fsp3) is 0.0833. The van der Waals surface area contributed by atoms with Crippen LogP contribution in [0.3, 0.4) is 0 Å². The first-order valence-electron chi connectivity index (χ1n) is 10.1. The van der Waals surface area contributed by atoms with Gasteiger partial charge in [0.2, 0.25) is 0 Å². The molecule has 0 saturated carbocycles. The molecule has 10 heteroatoms. The first kappa shape index (κ1) is 21.4. The third kappa shape index (κ3) is 3.49. The van der Waals surface area contributed by atoms with Crippen LogP contribution in [-0.4, -0.2) is 21.0 Å². The molecule has 1 amide bonds. The number of non-ortho nitro benzene ring substituents is 1. The molecular weight excluding hydrogens is 449 g/mol. The quantitative estimate of drug-likeness (QED) is 0.307. The number of carbonyl (C=O) groups is 1. The van der Waals surface area contributed by atoms with Crippen molar-refractivity contribution in [3.8, 4) is 11.3 Å². The van der Waals surface area contributed by atoms with Gasteiger partial charge >= 0.3 is 6.18 Å². The van der Waals surface area contributed by atoms with Gasteiger partial charge in [0.25, 0.3) is 11.6 Å². The topological polar surface area (TPSA) is 92.1 Å². The van der Waals surface area contributed by atoms with Crippen LogP contribution in [0, 0.1) is 10.1 Å². The monoisotopic (exact) mass is 464 g/mol. The first-order valence-corrected chi connectivity index (χ1v) is 10.1. The van der Waals surface area contributed by atoms with E-state index in [0.717, 1.165) is 12.1 Å². The van der Waals surface area contributed by atoms with Gasteiger partial charge in [-0.1, -0.05) is 36.4 Å². The Morgan fingerprint density at radius 1 is 0.971 bits per heavy atom. The van der Waals surface area contributed by atoms with Crippen LogP contribution in [-0.2, 0) is 6.18 Å². The van der Waals surface area contributed by atoms with E-state index in [0.29, 0.717) is 22.4 Å². The van der Waals surface area contributed by atoms with Crippen molar-refractivity contribution < 1.29 is 22.9 Å². The second-order valence-corrected chi connectivity index (χ2v) is 7.70. The third-order valence-electron chi connectivity index (χ3n) is 5.69. The van der Waals surface area contributed by atoms with Crippen LogP contribution >= 0.6 is 0 Å². The first-order chi connectivity index (χ1) is 16.3. The molecular formula is C24H15F3N4O3. The number of H-pyrrole nitrogens is 1. The van der Waals surface area contributed by atoms with Gasteiger partial charge in [0, 0.05) is 28.9 Å². The summed E-state index contributed by atoms with van der Waals surface area (Å²) in [6.07, 6.45) is -4.59. The van der Waals surface area contributed by atoms with Gasteiger partial charge in [-0.2, -0.15) is 18.3 Å². The Morgan fingerprint density at radius 3 is 2.32 bits per heavy atom. The maximum absolute atomic E-state index is 13.4. The molecule has 1 aromatic heterocycles. The number of hydrogen-bond donors (Lipinski definition) is 1. The summed E-state index contributed by atoms with van der Waals surface area (Å²) in [6.45, 7) is 0. The highest BCUT2D eigenvalue weighted by Crippen LogP contribution is 2.46. The second kappa shape index (κ2) is 7.84. The Bertz CT molecular complexity index is 1400. The molecule has 0 aliphatic carbocycles. The lowest BCUT2D eigenvalue weighted by Gasteiger charge is -2.27. The lowest BCUT2D eigenvalue weighted by atomic mass is 9.95. The smallest absolute Gasteiger partial charge is 0.295 e. The van der Waals surface area contributed by atoms with Crippen LogP contribution in [0.2, 0.25) is 0 Å². The largest absolute Gasteiger partial charge is 0.416 e. The van der Waals surface area contributed by atoms with Gasteiger partial charge in [0.15, 0.2) is 0 Å². The summed E-state index contributed by atoms with van der Waals surface area (Å²) in [5, 5.41) is 18.2. The van der Waals surface area contributed by atoms with Crippen molar-refractivity contribution in [3.05, 3.63) is 111 Å². The summed E-state index contributed by atoms with van der Waals surface area (Å²) in [5.41, 5.74) is 1.33. The van der Waals surface area contributed by atoms with Crippen LogP contribution in [0.15, 0.2) is 78.9 Å². The lowest BCUT2D eigenvalue weighted by Crippen LogP contribution is -2.29. The number of nitro benzene ring substituents is 1. The molecule has 0 fully saturated rings. The van der Waals surface area contributed by atoms with Crippen molar-refractivity contribution >= 4 is 17.3 Å². The van der Waals surface area contributed by atoms with Crippen molar-refractivity contribution in [2.75, 3.05) is 4.90 Å². The summed E-state index contributed by atoms with van der Waals surface area (Å²) in [6, 6.07) is 18.3. The van der Waals surface area contributed by atoms with E-state index in [1.165, 1.54) is 41.3 Å². The number of aromatic amines is 1. The molecule has 170 valence electrons. The molecule has 1 aliphatic rings. The highest BCUT2D eigenvalue weighted by Gasteiger charge is 2.44. The van der Waals surface area contributed by atoms with Crippen molar-refractivity contribution in [3.63, 3.8) is 0 Å². The van der Waals surface area contributed by atoms with E-state index in [2.05, 4.69) is 10.2 Å². The number of nitro groups is 1. The van der Waals surface area contributed by atoms with Gasteiger partial charge in [-0.15, -0.1) is 0 Å². The summed E-state index contributed by atoms with van der Waals surface area (Å²) in [5.74, 6) is -0.549. The summed E-state index contributed by atoms with van der Waals surface area (Å²) in [4.78, 5) is 25.3. The van der Waals surface area contributed by atoms with E-state index in [1.54, 1.807) is 24.3 Å². The molecule has 0 spiro atoms. The Labute approximate surface area is 190 Å². The lowest BCUT2D eigenvalue weighted by molar-refractivity contribution is -0.384. The molecule has 2 heterocycles. The number of hydrogen-bond acceptors (Lipinski definition) is 4. The van der Waals surface area contributed by atoms with E-state index >= 15 is 0 Å². The Balaban J connectivity index is 1.71. The second-order valence-electron chi connectivity index (χ2n) is 7.70. The Kier molecular flexibility index (Phi) is 4.93. The van der Waals surface area contributed by atoms with Crippen LogP contribution in [0.1, 0.15) is 33.2 Å². The molecule has 1 atom stereocenters. The van der Waals surface area contributed by atoms with Crippen LogP contribution in [0.25, 0.3) is 11.3 Å². The van der Waals surface area contributed by atoms with Gasteiger partial charge in [0.05, 0.1) is 22.2 Å². The van der Waals surface area contributed by atoms with Crippen molar-refractivity contribution in [2.45, 2.75) is 12.2 Å². The molecule has 7 nitrogen and oxygen atoms in total. The number of fused-ring (bicyclic) bond motifs is 1. The molecule has 1 N–H and O–H groups in total. The van der Waals surface area contributed by atoms with Crippen LogP contribution in [0.4, 0.5) is 24.5 Å². The van der Waals surface area contributed by atoms with Crippen LogP contribution < -0.4 is 4.90 Å². The molecule has 1 aliphatic heterocycles. The number of alkyl halides is 3. The third-order valence-corrected chi connectivity index (χ3v) is 5.69. The molecule has 1 unspecified atom stereocenters. The minimum Gasteiger partial charge on any atom is -0.295 e. The predicted octanol–water partition coefficient (Wildman–Crippen LogP) is 5.75. The molecule has 0 bridgehead atoms. The summed E-state index contributed by atoms with van der Waals surface area (Å²) < 4.78 is 40.2. The average molecular weight is 464 g/mol. The average Bonchev–Trinajstić information content (AvgIpc) is 3.38. The van der Waals surface area contributed by atoms with E-state index < -0.39 is 28.6 Å². The highest BCUT2D eigenvalue weighted by atomic mass is 19.4. The fourth-order valence-corrected chi connectivity index (χ4v) is 4.16. The van der Waals surface area contributed by atoms with E-state index in [1.807, 2.05) is 6.07 Å². The number of anilines is 1. The van der Waals surface area contributed by atoms with Gasteiger partial charge < -0.3 is 0 Å². The summed E-state index contributed by atoms with van der Waals surface area (Å²) >= 11 is 0. The Morgan fingerprint density at radius 2 is 1.68 bits per heavy atom. The number of halogens is 3.